The minimum absolute atomic E-state index is 0.0245. The predicted molar refractivity (Wildman–Crippen MR) is 139 cm³/mol. The molecule has 1 aliphatic carbocycles. The number of aliphatic carboxylic acids is 1. The van der Waals surface area contributed by atoms with Gasteiger partial charge in [0.2, 0.25) is 5.79 Å². The number of rotatable bonds is 7. The van der Waals surface area contributed by atoms with Gasteiger partial charge in [0.25, 0.3) is 6.01 Å². The Hall–Kier alpha value is -4.09. The third-order valence-corrected chi connectivity index (χ3v) is 7.76. The van der Waals surface area contributed by atoms with Crippen LogP contribution in [0.4, 0.5) is 29.7 Å². The average molecular weight is 559 g/mol. The van der Waals surface area contributed by atoms with E-state index in [0.29, 0.717) is 36.9 Å². The van der Waals surface area contributed by atoms with Crippen LogP contribution in [-0.4, -0.2) is 51.2 Å². The normalized spacial score (nSPS) is 22.9. The lowest BCUT2D eigenvalue weighted by Gasteiger charge is -2.33. The summed E-state index contributed by atoms with van der Waals surface area (Å²) in [6.07, 6.45) is 1.14. The number of ketones is 1. The van der Waals surface area contributed by atoms with Crippen molar-refractivity contribution in [3.8, 4) is 0 Å². The number of anilines is 2. The molecule has 212 valence electrons. The van der Waals surface area contributed by atoms with Crippen LogP contribution in [0.5, 0.6) is 0 Å². The summed E-state index contributed by atoms with van der Waals surface area (Å²) in [5.41, 5.74) is 0.892. The first-order valence-corrected chi connectivity index (χ1v) is 13.2. The Morgan fingerprint density at radius 1 is 1.15 bits per heavy atom. The van der Waals surface area contributed by atoms with Crippen LogP contribution in [0.1, 0.15) is 49.7 Å². The van der Waals surface area contributed by atoms with E-state index in [2.05, 4.69) is 15.6 Å². The van der Waals surface area contributed by atoms with Crippen LogP contribution < -0.4 is 10.6 Å². The number of benzene rings is 2. The van der Waals surface area contributed by atoms with Crippen LogP contribution in [0.15, 0.2) is 34.7 Å². The maximum atomic E-state index is 16.0. The van der Waals surface area contributed by atoms with E-state index in [0.717, 1.165) is 4.90 Å². The number of carboxylic acid groups (broad SMARTS) is 1. The maximum absolute atomic E-state index is 16.0. The second-order valence-corrected chi connectivity index (χ2v) is 10.4. The van der Waals surface area contributed by atoms with E-state index in [9.17, 15) is 18.8 Å². The fraction of sp³-hybridized carbons (Fsp3) is 0.429. The number of carbonyl (C=O) groups is 3. The molecule has 2 amide bonds. The van der Waals surface area contributed by atoms with Crippen molar-refractivity contribution in [2.24, 2.45) is 5.92 Å². The number of carbonyl (C=O) groups excluding carboxylic acids is 2. The number of aromatic nitrogens is 1. The Labute approximate surface area is 227 Å². The molecule has 1 atom stereocenters. The van der Waals surface area contributed by atoms with E-state index in [4.69, 9.17) is 9.52 Å². The van der Waals surface area contributed by atoms with Crippen molar-refractivity contribution < 1.29 is 37.1 Å². The summed E-state index contributed by atoms with van der Waals surface area (Å²) in [6.45, 7) is 1.77. The minimum Gasteiger partial charge on any atom is -0.481 e. The number of alkyl halides is 1. The number of amides is 2. The molecule has 0 radical (unpaired) electrons. The highest BCUT2D eigenvalue weighted by Crippen LogP contribution is 2.35. The predicted octanol–water partition coefficient (Wildman–Crippen LogP) is 5.38. The highest BCUT2D eigenvalue weighted by Gasteiger charge is 2.50. The number of aryl methyl sites for hydroxylation is 1. The molecule has 5 rings (SSSR count). The molecular formula is C28H29F3N4O5. The maximum Gasteiger partial charge on any atom is 0.320 e. The molecule has 0 bridgehead atoms. The Balaban J connectivity index is 1.28. The van der Waals surface area contributed by atoms with E-state index in [1.165, 1.54) is 24.3 Å². The first-order valence-electron chi connectivity index (χ1n) is 13.2. The van der Waals surface area contributed by atoms with Crippen molar-refractivity contribution in [2.45, 2.75) is 63.7 Å². The zero-order chi connectivity index (χ0) is 28.6. The van der Waals surface area contributed by atoms with Gasteiger partial charge >= 0.3 is 12.0 Å². The summed E-state index contributed by atoms with van der Waals surface area (Å²) in [5.74, 6) is -6.25. The second-order valence-electron chi connectivity index (χ2n) is 10.4. The van der Waals surface area contributed by atoms with Crippen molar-refractivity contribution in [3.63, 3.8) is 0 Å². The lowest BCUT2D eigenvalue weighted by atomic mass is 9.86. The molecule has 2 fully saturated rings. The average Bonchev–Trinajstić information content (AvgIpc) is 3.52. The topological polar surface area (TPSA) is 125 Å². The number of hydrogen-bond acceptors (Lipinski definition) is 6. The molecule has 2 aliphatic rings. The fourth-order valence-corrected chi connectivity index (χ4v) is 5.42. The van der Waals surface area contributed by atoms with Crippen LogP contribution in [-0.2, 0) is 16.0 Å². The van der Waals surface area contributed by atoms with Crippen molar-refractivity contribution >= 4 is 40.6 Å². The first kappa shape index (κ1) is 27.5. The quantitative estimate of drug-likeness (QED) is 0.333. The lowest BCUT2D eigenvalue weighted by molar-refractivity contribution is -0.143. The van der Waals surface area contributed by atoms with Gasteiger partial charge < -0.3 is 20.2 Å². The minimum atomic E-state index is -2.60. The zero-order valence-electron chi connectivity index (χ0n) is 21.8. The summed E-state index contributed by atoms with van der Waals surface area (Å²) < 4.78 is 50.5. The Morgan fingerprint density at radius 3 is 2.62 bits per heavy atom. The van der Waals surface area contributed by atoms with Crippen LogP contribution >= 0.6 is 0 Å². The van der Waals surface area contributed by atoms with Crippen LogP contribution in [0.2, 0.25) is 0 Å². The number of halogens is 3. The molecule has 9 nitrogen and oxygen atoms in total. The Kier molecular flexibility index (Phi) is 7.43. The van der Waals surface area contributed by atoms with Gasteiger partial charge in [-0.2, -0.15) is 4.98 Å². The third-order valence-electron chi connectivity index (χ3n) is 7.76. The standard InChI is InChI=1S/C28H29F3N4O5/c1-15-3-7-18(29)14-21(15)34-26-33-20-10-6-17(23(30)24(20)40-26)13-22(36)28(31)11-2-12-35(28)27(39)32-19-8-4-16(5-9-19)25(37)38/h3,6-7,10,14,16,19H,2,4-5,8-9,11-13H2,1H3,(H,32,39)(H,33,34)(H,37,38). The van der Waals surface area contributed by atoms with E-state index >= 15 is 8.78 Å². The zero-order valence-corrected chi connectivity index (χ0v) is 21.8. The monoisotopic (exact) mass is 558 g/mol. The van der Waals surface area contributed by atoms with Gasteiger partial charge in [0.15, 0.2) is 17.2 Å². The number of nitrogens with zero attached hydrogens (tertiary/aromatic N) is 2. The number of likely N-dealkylation sites (tertiary alicyclic amines) is 1. The highest BCUT2D eigenvalue weighted by atomic mass is 19.1. The number of Topliss-reactive ketones (excluding diaryl/α,β-unsaturated/α-hetero) is 1. The molecule has 2 heterocycles. The summed E-state index contributed by atoms with van der Waals surface area (Å²) in [5, 5.41) is 14.7. The van der Waals surface area contributed by atoms with Gasteiger partial charge in [-0.3, -0.25) is 14.5 Å². The number of hydrogen-bond donors (Lipinski definition) is 3. The van der Waals surface area contributed by atoms with Gasteiger partial charge in [-0.25, -0.2) is 18.0 Å². The summed E-state index contributed by atoms with van der Waals surface area (Å²) in [6, 6.07) is 5.74. The second kappa shape index (κ2) is 10.8. The largest absolute Gasteiger partial charge is 0.481 e. The molecule has 40 heavy (non-hydrogen) atoms. The molecule has 2 aromatic carbocycles. The summed E-state index contributed by atoms with van der Waals surface area (Å²) in [7, 11) is 0. The van der Waals surface area contributed by atoms with Crippen LogP contribution in [0, 0.1) is 24.5 Å². The highest BCUT2D eigenvalue weighted by molar-refractivity contribution is 5.93. The molecule has 0 spiro atoms. The smallest absolute Gasteiger partial charge is 0.320 e. The number of nitrogens with one attached hydrogen (secondary N) is 2. The van der Waals surface area contributed by atoms with Crippen molar-refractivity contribution in [1.29, 1.82) is 0 Å². The SMILES string of the molecule is Cc1ccc(F)cc1Nc1nc2ccc(CC(=O)C3(F)CCCN3C(=O)NC3CCC(C(=O)O)CC3)c(F)c2o1. The Bertz CT molecular complexity index is 1470. The number of carboxylic acids is 1. The summed E-state index contributed by atoms with van der Waals surface area (Å²) >= 11 is 0. The van der Waals surface area contributed by atoms with Gasteiger partial charge in [0.1, 0.15) is 11.3 Å². The van der Waals surface area contributed by atoms with Crippen LogP contribution in [0.25, 0.3) is 11.1 Å². The molecule has 12 heteroatoms. The van der Waals surface area contributed by atoms with Gasteiger partial charge in [-0.05, 0) is 68.4 Å². The number of oxazole rings is 1. The Morgan fingerprint density at radius 2 is 1.90 bits per heavy atom. The summed E-state index contributed by atoms with van der Waals surface area (Å²) in [4.78, 5) is 42.2. The van der Waals surface area contributed by atoms with Gasteiger partial charge in [0.05, 0.1) is 5.92 Å². The molecule has 1 saturated heterocycles. The van der Waals surface area contributed by atoms with Crippen molar-refractivity contribution in [1.82, 2.24) is 15.2 Å². The fourth-order valence-electron chi connectivity index (χ4n) is 5.42. The number of fused-ring (bicyclic) bond motifs is 1. The lowest BCUT2D eigenvalue weighted by Crippen LogP contribution is -2.55. The van der Waals surface area contributed by atoms with E-state index in [-0.39, 0.29) is 48.1 Å². The molecule has 1 unspecified atom stereocenters. The molecule has 1 aromatic heterocycles. The van der Waals surface area contributed by atoms with Gasteiger partial charge in [-0.1, -0.05) is 12.1 Å². The third kappa shape index (κ3) is 5.34. The van der Waals surface area contributed by atoms with Gasteiger partial charge in [0, 0.05) is 31.1 Å². The molecule has 1 saturated carbocycles. The van der Waals surface area contributed by atoms with Crippen LogP contribution in [0.3, 0.4) is 0 Å². The molecule has 3 N–H and O–H groups in total. The van der Waals surface area contributed by atoms with E-state index < -0.39 is 47.5 Å². The van der Waals surface area contributed by atoms with Gasteiger partial charge in [-0.15, -0.1) is 0 Å². The molecular weight excluding hydrogens is 529 g/mol. The van der Waals surface area contributed by atoms with Crippen molar-refractivity contribution in [2.75, 3.05) is 11.9 Å². The van der Waals surface area contributed by atoms with E-state index in [1.807, 2.05) is 0 Å². The number of urea groups is 1. The first-order chi connectivity index (χ1) is 19.0. The van der Waals surface area contributed by atoms with Crippen molar-refractivity contribution in [3.05, 3.63) is 53.1 Å². The molecule has 1 aliphatic heterocycles. The molecule has 3 aromatic rings. The van der Waals surface area contributed by atoms with E-state index in [1.54, 1.807) is 13.0 Å².